The van der Waals surface area contributed by atoms with Crippen LogP contribution in [0.15, 0.2) is 22.7 Å². The lowest BCUT2D eigenvalue weighted by Gasteiger charge is -2.10. The molecule has 1 N–H and O–H groups in total. The van der Waals surface area contributed by atoms with E-state index in [-0.39, 0.29) is 28.1 Å². The Morgan fingerprint density at radius 3 is 2.56 bits per heavy atom. The highest BCUT2D eigenvalue weighted by atomic mass is 35.5. The van der Waals surface area contributed by atoms with Gasteiger partial charge < -0.3 is 9.84 Å². The second kappa shape index (κ2) is 6.67. The third-order valence-corrected chi connectivity index (χ3v) is 4.43. The van der Waals surface area contributed by atoms with Crippen molar-refractivity contribution in [2.45, 2.75) is 37.9 Å². The fraction of sp³-hybridized carbons (Fsp3) is 0.375. The summed E-state index contributed by atoms with van der Waals surface area (Å²) in [7, 11) is 0. The van der Waals surface area contributed by atoms with Gasteiger partial charge >= 0.3 is 6.18 Å². The van der Waals surface area contributed by atoms with Crippen LogP contribution in [0.2, 0.25) is 5.02 Å². The van der Waals surface area contributed by atoms with Crippen molar-refractivity contribution in [3.8, 4) is 11.3 Å². The first-order chi connectivity index (χ1) is 11.8. The number of carbonyl (C=O) groups excluding carboxylic acids is 1. The van der Waals surface area contributed by atoms with E-state index in [9.17, 15) is 22.4 Å². The highest BCUT2D eigenvalue weighted by Crippen LogP contribution is 2.36. The van der Waals surface area contributed by atoms with Crippen LogP contribution < -0.4 is 5.32 Å². The van der Waals surface area contributed by atoms with Crippen molar-refractivity contribution < 1.29 is 26.9 Å². The van der Waals surface area contributed by atoms with E-state index < -0.39 is 23.5 Å². The van der Waals surface area contributed by atoms with Crippen LogP contribution in [0.3, 0.4) is 0 Å². The molecule has 1 heterocycles. The van der Waals surface area contributed by atoms with Crippen LogP contribution >= 0.6 is 11.6 Å². The normalized spacial score (nSPS) is 15.6. The Labute approximate surface area is 145 Å². The first kappa shape index (κ1) is 17.7. The molecular formula is C16H13ClF4N2O2. The van der Waals surface area contributed by atoms with Crippen LogP contribution in [0.25, 0.3) is 11.3 Å². The highest BCUT2D eigenvalue weighted by molar-refractivity contribution is 6.35. The number of carbonyl (C=O) groups is 1. The van der Waals surface area contributed by atoms with E-state index in [4.69, 9.17) is 16.1 Å². The second-order valence-corrected chi connectivity index (χ2v) is 6.20. The summed E-state index contributed by atoms with van der Waals surface area (Å²) in [6.45, 7) is 0. The Bertz CT molecular complexity index is 798. The van der Waals surface area contributed by atoms with Crippen molar-refractivity contribution in [1.82, 2.24) is 10.5 Å². The number of aromatic nitrogens is 1. The lowest BCUT2D eigenvalue weighted by molar-refractivity contribution is -0.139. The summed E-state index contributed by atoms with van der Waals surface area (Å²) in [6, 6.07) is 2.28. The van der Waals surface area contributed by atoms with Crippen LogP contribution in [0.5, 0.6) is 0 Å². The van der Waals surface area contributed by atoms with Gasteiger partial charge in [-0.15, -0.1) is 0 Å². The van der Waals surface area contributed by atoms with Crippen molar-refractivity contribution in [2.75, 3.05) is 0 Å². The van der Waals surface area contributed by atoms with Gasteiger partial charge in [0.25, 0.3) is 5.91 Å². The topological polar surface area (TPSA) is 55.1 Å². The molecule has 25 heavy (non-hydrogen) atoms. The first-order valence-corrected chi connectivity index (χ1v) is 7.98. The van der Waals surface area contributed by atoms with Gasteiger partial charge in [-0.25, -0.2) is 4.39 Å². The molecule has 0 aliphatic heterocycles. The van der Waals surface area contributed by atoms with Gasteiger partial charge in [0.15, 0.2) is 11.5 Å². The molecule has 1 amide bonds. The molecular weight excluding hydrogens is 364 g/mol. The van der Waals surface area contributed by atoms with E-state index in [1.165, 1.54) is 0 Å². The Kier molecular flexibility index (Phi) is 4.73. The summed E-state index contributed by atoms with van der Waals surface area (Å²) in [6.07, 6.45) is -1.04. The zero-order valence-corrected chi connectivity index (χ0v) is 13.5. The summed E-state index contributed by atoms with van der Waals surface area (Å²) >= 11 is 6.06. The predicted molar refractivity (Wildman–Crippen MR) is 81.6 cm³/mol. The molecule has 1 fully saturated rings. The molecule has 4 nitrogen and oxygen atoms in total. The van der Waals surface area contributed by atoms with Gasteiger partial charge in [-0.1, -0.05) is 35.7 Å². The maximum atomic E-state index is 13.7. The molecule has 0 atom stereocenters. The number of amides is 1. The smallest absolute Gasteiger partial charge is 0.354 e. The van der Waals surface area contributed by atoms with Gasteiger partial charge in [-0.3, -0.25) is 4.79 Å². The third kappa shape index (κ3) is 3.63. The fourth-order valence-corrected chi connectivity index (χ4v) is 3.07. The molecule has 1 aliphatic carbocycles. The van der Waals surface area contributed by atoms with Crippen molar-refractivity contribution in [3.05, 3.63) is 40.3 Å². The third-order valence-electron chi connectivity index (χ3n) is 4.08. The standard InChI is InChI=1S/C16H13ClF4N2O2/c17-12-13(15(24)22-9-3-1-2-4-9)23-25-14(12)8-5-6-10(11(18)7-8)16(19,20)21/h5-7,9H,1-4H2,(H,22,24). The molecule has 1 aromatic carbocycles. The van der Waals surface area contributed by atoms with Crippen molar-refractivity contribution in [1.29, 1.82) is 0 Å². The van der Waals surface area contributed by atoms with Crippen LogP contribution in [0.1, 0.15) is 41.7 Å². The highest BCUT2D eigenvalue weighted by Gasteiger charge is 2.34. The van der Waals surface area contributed by atoms with Gasteiger partial charge in [0, 0.05) is 11.6 Å². The molecule has 3 rings (SSSR count). The van der Waals surface area contributed by atoms with Crippen molar-refractivity contribution in [3.63, 3.8) is 0 Å². The van der Waals surface area contributed by atoms with Crippen LogP contribution in [-0.2, 0) is 6.18 Å². The van der Waals surface area contributed by atoms with E-state index in [2.05, 4.69) is 10.5 Å². The molecule has 134 valence electrons. The molecule has 0 unspecified atom stereocenters. The zero-order valence-electron chi connectivity index (χ0n) is 12.8. The quantitative estimate of drug-likeness (QED) is 0.781. The number of hydrogen-bond acceptors (Lipinski definition) is 3. The van der Waals surface area contributed by atoms with Gasteiger partial charge in [-0.2, -0.15) is 13.2 Å². The zero-order chi connectivity index (χ0) is 18.2. The first-order valence-electron chi connectivity index (χ1n) is 7.60. The number of nitrogens with one attached hydrogen (secondary N) is 1. The minimum atomic E-state index is -4.81. The lowest BCUT2D eigenvalue weighted by atomic mass is 10.1. The van der Waals surface area contributed by atoms with E-state index in [0.29, 0.717) is 12.1 Å². The van der Waals surface area contributed by atoms with Crippen LogP contribution in [-0.4, -0.2) is 17.1 Å². The van der Waals surface area contributed by atoms with Crippen LogP contribution in [0.4, 0.5) is 17.6 Å². The number of hydrogen-bond donors (Lipinski definition) is 1. The summed E-state index contributed by atoms with van der Waals surface area (Å²) in [4.78, 5) is 12.2. The van der Waals surface area contributed by atoms with Crippen molar-refractivity contribution >= 4 is 17.5 Å². The maximum Gasteiger partial charge on any atom is 0.419 e. The van der Waals surface area contributed by atoms with E-state index in [1.807, 2.05) is 0 Å². The Morgan fingerprint density at radius 1 is 1.28 bits per heavy atom. The second-order valence-electron chi connectivity index (χ2n) is 5.82. The summed E-state index contributed by atoms with van der Waals surface area (Å²) in [5, 5.41) is 6.17. The molecule has 0 radical (unpaired) electrons. The molecule has 1 aliphatic rings. The average Bonchev–Trinajstić information content (AvgIpc) is 3.15. The lowest BCUT2D eigenvalue weighted by Crippen LogP contribution is -2.32. The molecule has 1 saturated carbocycles. The molecule has 2 aromatic rings. The number of alkyl halides is 3. The van der Waals surface area contributed by atoms with Crippen molar-refractivity contribution in [2.24, 2.45) is 0 Å². The molecule has 1 aromatic heterocycles. The summed E-state index contributed by atoms with van der Waals surface area (Å²) in [5.74, 6) is -2.15. The average molecular weight is 377 g/mol. The molecule has 9 heteroatoms. The van der Waals surface area contributed by atoms with E-state index in [0.717, 1.165) is 31.7 Å². The monoisotopic (exact) mass is 376 g/mol. The number of rotatable bonds is 3. The minimum Gasteiger partial charge on any atom is -0.354 e. The maximum absolute atomic E-state index is 13.7. The molecule has 0 bridgehead atoms. The van der Waals surface area contributed by atoms with Crippen LogP contribution in [0, 0.1) is 5.82 Å². The largest absolute Gasteiger partial charge is 0.419 e. The van der Waals surface area contributed by atoms with Gasteiger partial charge in [0.05, 0.1) is 5.56 Å². The number of benzene rings is 1. The Hall–Kier alpha value is -2.09. The van der Waals surface area contributed by atoms with Gasteiger partial charge in [-0.05, 0) is 25.0 Å². The number of nitrogens with zero attached hydrogens (tertiary/aromatic N) is 1. The summed E-state index contributed by atoms with van der Waals surface area (Å²) < 4.78 is 56.5. The van der Waals surface area contributed by atoms with Gasteiger partial charge in [0.2, 0.25) is 0 Å². The fourth-order valence-electron chi connectivity index (χ4n) is 2.81. The van der Waals surface area contributed by atoms with E-state index in [1.54, 1.807) is 0 Å². The Morgan fingerprint density at radius 2 is 1.96 bits per heavy atom. The minimum absolute atomic E-state index is 0.0345. The number of halogens is 5. The molecule has 0 spiro atoms. The molecule has 0 saturated heterocycles. The Balaban J connectivity index is 1.85. The summed E-state index contributed by atoms with van der Waals surface area (Å²) in [5.41, 5.74) is -1.61. The SMILES string of the molecule is O=C(NC1CCCC1)c1noc(-c2ccc(C(F)(F)F)c(F)c2)c1Cl. The predicted octanol–water partition coefficient (Wildman–Crippen LogP) is 4.83. The van der Waals surface area contributed by atoms with Gasteiger partial charge in [0.1, 0.15) is 10.8 Å². The van der Waals surface area contributed by atoms with E-state index >= 15 is 0 Å².